The predicted octanol–water partition coefficient (Wildman–Crippen LogP) is 3.75. The van der Waals surface area contributed by atoms with Gasteiger partial charge in [-0.1, -0.05) is 6.07 Å². The van der Waals surface area contributed by atoms with Crippen molar-refractivity contribution >= 4 is 29.4 Å². The Morgan fingerprint density at radius 1 is 1.00 bits per heavy atom. The van der Waals surface area contributed by atoms with Gasteiger partial charge in [0.15, 0.2) is 11.5 Å². The first-order chi connectivity index (χ1) is 14.1. The number of ether oxygens (including phenoxy) is 3. The highest BCUT2D eigenvalue weighted by molar-refractivity contribution is 7.12. The molecule has 2 aromatic carbocycles. The number of thiophene rings is 1. The smallest absolute Gasteiger partial charge is 0.353 e. The van der Waals surface area contributed by atoms with Gasteiger partial charge in [0.25, 0.3) is 5.91 Å². The lowest BCUT2D eigenvalue weighted by molar-refractivity contribution is 0.0739. The Morgan fingerprint density at radius 3 is 2.41 bits per heavy atom. The summed E-state index contributed by atoms with van der Waals surface area (Å²) in [4.78, 5) is 24.7. The van der Waals surface area contributed by atoms with Crippen LogP contribution >= 0.6 is 11.3 Å². The molecule has 1 amide bonds. The van der Waals surface area contributed by atoms with Crippen LogP contribution in [0.5, 0.6) is 17.2 Å². The monoisotopic (exact) mass is 410 g/mol. The van der Waals surface area contributed by atoms with E-state index in [1.165, 1.54) is 31.8 Å². The summed E-state index contributed by atoms with van der Waals surface area (Å²) >= 11 is 1.32. The first kappa shape index (κ1) is 20.1. The van der Waals surface area contributed by atoms with Gasteiger partial charge in [0, 0.05) is 5.56 Å². The van der Waals surface area contributed by atoms with Crippen LogP contribution in [0.4, 0.5) is 0 Å². The van der Waals surface area contributed by atoms with Crippen LogP contribution in [0.3, 0.4) is 0 Å². The van der Waals surface area contributed by atoms with Crippen molar-refractivity contribution in [1.82, 2.24) is 5.43 Å². The van der Waals surface area contributed by atoms with Crippen molar-refractivity contribution in [3.8, 4) is 17.2 Å². The van der Waals surface area contributed by atoms with Gasteiger partial charge in [-0.05, 0) is 59.5 Å². The molecular weight excluding hydrogens is 392 g/mol. The second-order valence-electron chi connectivity index (χ2n) is 5.70. The third kappa shape index (κ3) is 5.20. The van der Waals surface area contributed by atoms with Crippen LogP contribution in [0.1, 0.15) is 25.6 Å². The van der Waals surface area contributed by atoms with Gasteiger partial charge in [-0.2, -0.15) is 5.10 Å². The number of rotatable bonds is 7. The van der Waals surface area contributed by atoms with Gasteiger partial charge >= 0.3 is 5.97 Å². The SMILES string of the molecule is COc1ccc(C(=O)N/N=C\c2ccc(OC(=O)c3cccs3)cc2)cc1OC. The lowest BCUT2D eigenvalue weighted by atomic mass is 10.2. The van der Waals surface area contributed by atoms with Crippen LogP contribution in [-0.2, 0) is 0 Å². The van der Waals surface area contributed by atoms with Crippen molar-refractivity contribution in [3.05, 3.63) is 76.0 Å². The van der Waals surface area contributed by atoms with E-state index in [4.69, 9.17) is 14.2 Å². The fraction of sp³-hybridized carbons (Fsp3) is 0.0952. The van der Waals surface area contributed by atoms with E-state index in [0.717, 1.165) is 5.56 Å². The van der Waals surface area contributed by atoms with Gasteiger partial charge in [-0.3, -0.25) is 4.79 Å². The Labute approximate surface area is 171 Å². The number of amides is 1. The van der Waals surface area contributed by atoms with Crippen molar-refractivity contribution in [2.45, 2.75) is 0 Å². The van der Waals surface area contributed by atoms with Crippen LogP contribution in [-0.4, -0.2) is 32.3 Å². The number of hydrazone groups is 1. The average Bonchev–Trinajstić information content (AvgIpc) is 3.29. The number of carbonyl (C=O) groups excluding carboxylic acids is 2. The van der Waals surface area contributed by atoms with Crippen LogP contribution < -0.4 is 19.6 Å². The average molecular weight is 410 g/mol. The molecule has 0 saturated heterocycles. The highest BCUT2D eigenvalue weighted by Crippen LogP contribution is 2.27. The second kappa shape index (κ2) is 9.52. The normalized spacial score (nSPS) is 10.6. The molecule has 0 fully saturated rings. The first-order valence-corrected chi connectivity index (χ1v) is 9.40. The fourth-order valence-corrected chi connectivity index (χ4v) is 2.98. The molecule has 7 nitrogen and oxygen atoms in total. The summed E-state index contributed by atoms with van der Waals surface area (Å²) in [6.07, 6.45) is 1.49. The molecule has 0 saturated carbocycles. The number of benzene rings is 2. The number of carbonyl (C=O) groups is 2. The Morgan fingerprint density at radius 2 is 1.76 bits per heavy atom. The second-order valence-corrected chi connectivity index (χ2v) is 6.65. The number of hydrogen-bond donors (Lipinski definition) is 1. The van der Waals surface area contributed by atoms with E-state index in [-0.39, 0.29) is 5.91 Å². The number of nitrogens with one attached hydrogen (secondary N) is 1. The molecule has 0 radical (unpaired) electrons. The van der Waals surface area contributed by atoms with Crippen LogP contribution in [0.15, 0.2) is 65.1 Å². The molecule has 1 N–H and O–H groups in total. The minimum Gasteiger partial charge on any atom is -0.493 e. The van der Waals surface area contributed by atoms with Gasteiger partial charge in [-0.15, -0.1) is 11.3 Å². The van der Waals surface area contributed by atoms with Crippen LogP contribution in [0.2, 0.25) is 0 Å². The molecule has 0 spiro atoms. The molecule has 1 aromatic heterocycles. The zero-order valence-corrected chi connectivity index (χ0v) is 16.6. The third-order valence-corrected chi connectivity index (χ3v) is 4.69. The minimum absolute atomic E-state index is 0.385. The summed E-state index contributed by atoms with van der Waals surface area (Å²) in [7, 11) is 3.02. The lowest BCUT2D eigenvalue weighted by Gasteiger charge is -2.08. The number of hydrogen-bond acceptors (Lipinski definition) is 7. The molecule has 0 aliphatic heterocycles. The van der Waals surface area contributed by atoms with Gasteiger partial charge in [0.05, 0.1) is 20.4 Å². The molecular formula is C21H18N2O5S. The molecule has 3 aromatic rings. The minimum atomic E-state index is -0.399. The molecule has 0 aliphatic carbocycles. The van der Waals surface area contributed by atoms with Gasteiger partial charge in [-0.25, -0.2) is 10.2 Å². The third-order valence-electron chi connectivity index (χ3n) is 3.84. The molecule has 148 valence electrons. The van der Waals surface area contributed by atoms with Gasteiger partial charge in [0.2, 0.25) is 0 Å². The molecule has 1 heterocycles. The van der Waals surface area contributed by atoms with E-state index in [1.54, 1.807) is 54.6 Å². The van der Waals surface area contributed by atoms with E-state index < -0.39 is 5.97 Å². The summed E-state index contributed by atoms with van der Waals surface area (Å²) in [6, 6.07) is 15.1. The topological polar surface area (TPSA) is 86.2 Å². The number of nitrogens with zero attached hydrogens (tertiary/aromatic N) is 1. The molecule has 0 atom stereocenters. The molecule has 0 aliphatic rings. The maximum absolute atomic E-state index is 12.2. The Hall–Kier alpha value is -3.65. The van der Waals surface area contributed by atoms with E-state index in [9.17, 15) is 9.59 Å². The summed E-state index contributed by atoms with van der Waals surface area (Å²) in [5, 5.41) is 5.76. The Kier molecular flexibility index (Phi) is 6.59. The van der Waals surface area contributed by atoms with Gasteiger partial charge in [0.1, 0.15) is 10.6 Å². The van der Waals surface area contributed by atoms with E-state index in [1.807, 2.05) is 5.38 Å². The van der Waals surface area contributed by atoms with Crippen molar-refractivity contribution < 1.29 is 23.8 Å². The summed E-state index contributed by atoms with van der Waals surface area (Å²) in [5.74, 6) is 0.631. The lowest BCUT2D eigenvalue weighted by Crippen LogP contribution is -2.17. The Balaban J connectivity index is 1.57. The highest BCUT2D eigenvalue weighted by Gasteiger charge is 2.10. The summed E-state index contributed by atoms with van der Waals surface area (Å²) < 4.78 is 15.6. The standard InChI is InChI=1S/C21H18N2O5S/c1-26-17-10-7-15(12-18(17)27-2)20(24)23-22-13-14-5-8-16(9-6-14)28-21(25)19-4-3-11-29-19/h3-13H,1-2H3,(H,23,24)/b22-13-. The molecule has 0 unspecified atom stereocenters. The summed E-state index contributed by atoms with van der Waals surface area (Å²) in [6.45, 7) is 0. The maximum Gasteiger partial charge on any atom is 0.353 e. The number of methoxy groups -OCH3 is 2. The maximum atomic E-state index is 12.2. The first-order valence-electron chi connectivity index (χ1n) is 8.52. The molecule has 8 heteroatoms. The quantitative estimate of drug-likeness (QED) is 0.277. The zero-order valence-electron chi connectivity index (χ0n) is 15.7. The van der Waals surface area contributed by atoms with Crippen LogP contribution in [0.25, 0.3) is 0 Å². The van der Waals surface area contributed by atoms with E-state index in [0.29, 0.717) is 27.7 Å². The van der Waals surface area contributed by atoms with E-state index >= 15 is 0 Å². The zero-order chi connectivity index (χ0) is 20.6. The Bertz CT molecular complexity index is 1010. The number of esters is 1. The van der Waals surface area contributed by atoms with Crippen LogP contribution in [0, 0.1) is 0 Å². The predicted molar refractivity (Wildman–Crippen MR) is 110 cm³/mol. The highest BCUT2D eigenvalue weighted by atomic mass is 32.1. The molecule has 3 rings (SSSR count). The van der Waals surface area contributed by atoms with Crippen molar-refractivity contribution in [2.24, 2.45) is 5.10 Å². The summed E-state index contributed by atoms with van der Waals surface area (Å²) in [5.41, 5.74) is 3.57. The largest absolute Gasteiger partial charge is 0.493 e. The van der Waals surface area contributed by atoms with E-state index in [2.05, 4.69) is 10.5 Å². The van der Waals surface area contributed by atoms with Crippen molar-refractivity contribution in [1.29, 1.82) is 0 Å². The van der Waals surface area contributed by atoms with Gasteiger partial charge < -0.3 is 14.2 Å². The molecule has 29 heavy (non-hydrogen) atoms. The molecule has 0 bridgehead atoms. The van der Waals surface area contributed by atoms with Crippen molar-refractivity contribution in [2.75, 3.05) is 14.2 Å². The van der Waals surface area contributed by atoms with Crippen molar-refractivity contribution in [3.63, 3.8) is 0 Å². The fourth-order valence-electron chi connectivity index (χ4n) is 2.38.